The third-order valence-corrected chi connectivity index (χ3v) is 3.32. The molecule has 0 saturated carbocycles. The lowest BCUT2D eigenvalue weighted by molar-refractivity contribution is -0.115. The van der Waals surface area contributed by atoms with Crippen LogP contribution in [-0.2, 0) is 11.2 Å². The van der Waals surface area contributed by atoms with Gasteiger partial charge < -0.3 is 5.32 Å². The van der Waals surface area contributed by atoms with E-state index in [-0.39, 0.29) is 5.91 Å². The minimum absolute atomic E-state index is 0.0447. The van der Waals surface area contributed by atoms with Crippen LogP contribution >= 0.6 is 0 Å². The van der Waals surface area contributed by atoms with Crippen molar-refractivity contribution >= 4 is 22.6 Å². The van der Waals surface area contributed by atoms with Gasteiger partial charge >= 0.3 is 0 Å². The van der Waals surface area contributed by atoms with Gasteiger partial charge in [-0.3, -0.25) is 4.79 Å². The van der Waals surface area contributed by atoms with E-state index < -0.39 is 0 Å². The van der Waals surface area contributed by atoms with Gasteiger partial charge in [0.2, 0.25) is 5.91 Å². The Kier molecular flexibility index (Phi) is 1.97. The van der Waals surface area contributed by atoms with Gasteiger partial charge in [-0.2, -0.15) is 0 Å². The molecule has 3 aromatic rings. The molecule has 5 heteroatoms. The molecule has 0 unspecified atom stereocenters. The molecule has 0 spiro atoms. The number of anilines is 1. The Morgan fingerprint density at radius 1 is 1.00 bits per heavy atom. The first-order valence-corrected chi connectivity index (χ1v) is 5.95. The zero-order valence-corrected chi connectivity index (χ0v) is 9.88. The number of benzene rings is 2. The van der Waals surface area contributed by atoms with Crippen LogP contribution < -0.4 is 5.32 Å². The van der Waals surface area contributed by atoms with Gasteiger partial charge in [0.05, 0.1) is 6.42 Å². The van der Waals surface area contributed by atoms with Crippen LogP contribution in [0.25, 0.3) is 22.2 Å². The maximum absolute atomic E-state index is 11.3. The molecule has 1 aliphatic heterocycles. The van der Waals surface area contributed by atoms with Crippen LogP contribution in [0.1, 0.15) is 5.56 Å². The molecule has 0 saturated heterocycles. The Bertz CT molecular complexity index is 807. The number of hydrogen-bond donors (Lipinski definition) is 1. The van der Waals surface area contributed by atoms with E-state index >= 15 is 0 Å². The molecule has 19 heavy (non-hydrogen) atoms. The molecule has 0 atom stereocenters. The number of fused-ring (bicyclic) bond motifs is 2. The molecule has 1 amide bonds. The molecule has 0 aliphatic carbocycles. The molecular formula is C14H9N3O2. The predicted octanol–water partition coefficient (Wildman–Crippen LogP) is 2.38. The Morgan fingerprint density at radius 3 is 2.74 bits per heavy atom. The Morgan fingerprint density at radius 2 is 1.79 bits per heavy atom. The van der Waals surface area contributed by atoms with E-state index in [4.69, 9.17) is 0 Å². The average molecular weight is 251 g/mol. The van der Waals surface area contributed by atoms with Gasteiger partial charge in [0.1, 0.15) is 11.0 Å². The highest BCUT2D eigenvalue weighted by Crippen LogP contribution is 2.30. The van der Waals surface area contributed by atoms with E-state index in [0.29, 0.717) is 6.42 Å². The summed E-state index contributed by atoms with van der Waals surface area (Å²) in [5, 5.41) is 10.4. The summed E-state index contributed by atoms with van der Waals surface area (Å²) in [5.74, 6) is 0.0447. The first kappa shape index (κ1) is 10.3. The van der Waals surface area contributed by atoms with Crippen LogP contribution in [0.3, 0.4) is 0 Å². The van der Waals surface area contributed by atoms with Crippen molar-refractivity contribution in [2.75, 3.05) is 5.32 Å². The zero-order chi connectivity index (χ0) is 12.8. The molecule has 0 radical (unpaired) electrons. The van der Waals surface area contributed by atoms with Gasteiger partial charge in [-0.05, 0) is 51.3 Å². The summed E-state index contributed by atoms with van der Waals surface area (Å²) >= 11 is 0. The van der Waals surface area contributed by atoms with Crippen LogP contribution in [0.5, 0.6) is 0 Å². The van der Waals surface area contributed by atoms with E-state index in [9.17, 15) is 4.79 Å². The lowest BCUT2D eigenvalue weighted by Gasteiger charge is -2.04. The second-order valence-electron chi connectivity index (χ2n) is 4.56. The Hall–Kier alpha value is -2.69. The van der Waals surface area contributed by atoms with Gasteiger partial charge in [-0.15, -0.1) is 0 Å². The van der Waals surface area contributed by atoms with Crippen molar-refractivity contribution in [3.05, 3.63) is 42.0 Å². The standard InChI is InChI=1S/C14H9N3O2/c18-14-7-10-5-8(1-3-11(10)15-14)9-2-4-12-13(6-9)17-19-16-12/h1-6H,7H2,(H,15,18). The smallest absolute Gasteiger partial charge is 0.228 e. The summed E-state index contributed by atoms with van der Waals surface area (Å²) in [6.07, 6.45) is 0.441. The number of nitrogens with zero attached hydrogens (tertiary/aromatic N) is 2. The topological polar surface area (TPSA) is 68.0 Å². The molecule has 1 aliphatic rings. The first-order valence-electron chi connectivity index (χ1n) is 5.95. The van der Waals surface area contributed by atoms with Gasteiger partial charge in [0, 0.05) is 5.69 Å². The van der Waals surface area contributed by atoms with Gasteiger partial charge in [-0.25, -0.2) is 4.63 Å². The summed E-state index contributed by atoms with van der Waals surface area (Å²) in [6, 6.07) is 11.7. The van der Waals surface area contributed by atoms with Crippen LogP contribution in [-0.4, -0.2) is 16.2 Å². The maximum Gasteiger partial charge on any atom is 0.228 e. The van der Waals surface area contributed by atoms with Crippen LogP contribution in [0.15, 0.2) is 41.0 Å². The van der Waals surface area contributed by atoms with Crippen LogP contribution in [0.4, 0.5) is 5.69 Å². The molecule has 1 N–H and O–H groups in total. The SMILES string of the molecule is O=C1Cc2cc(-c3ccc4nonc4c3)ccc2N1. The molecule has 2 heterocycles. The summed E-state index contributed by atoms with van der Waals surface area (Å²) in [5.41, 5.74) is 5.48. The quantitative estimate of drug-likeness (QED) is 0.721. The lowest BCUT2D eigenvalue weighted by atomic mass is 10.0. The lowest BCUT2D eigenvalue weighted by Crippen LogP contribution is -2.03. The first-order chi connectivity index (χ1) is 9.29. The molecule has 0 bridgehead atoms. The third kappa shape index (κ3) is 1.59. The fourth-order valence-corrected chi connectivity index (χ4v) is 2.37. The van der Waals surface area contributed by atoms with Gasteiger partial charge in [-0.1, -0.05) is 12.1 Å². The number of aromatic nitrogens is 2. The summed E-state index contributed by atoms with van der Waals surface area (Å²) in [6.45, 7) is 0. The summed E-state index contributed by atoms with van der Waals surface area (Å²) < 4.78 is 4.69. The van der Waals surface area contributed by atoms with E-state index in [1.165, 1.54) is 0 Å². The second kappa shape index (κ2) is 3.65. The van der Waals surface area contributed by atoms with Crippen LogP contribution in [0, 0.1) is 0 Å². The van der Waals surface area contributed by atoms with Gasteiger partial charge in [0.25, 0.3) is 0 Å². The molecular weight excluding hydrogens is 242 g/mol. The normalized spacial score (nSPS) is 13.6. The molecule has 2 aromatic carbocycles. The summed E-state index contributed by atoms with van der Waals surface area (Å²) in [7, 11) is 0. The highest BCUT2D eigenvalue weighted by molar-refractivity contribution is 5.99. The number of nitrogens with one attached hydrogen (secondary N) is 1. The second-order valence-corrected chi connectivity index (χ2v) is 4.56. The molecule has 92 valence electrons. The molecule has 4 rings (SSSR count). The predicted molar refractivity (Wildman–Crippen MR) is 69.6 cm³/mol. The largest absolute Gasteiger partial charge is 0.326 e. The molecule has 1 aromatic heterocycles. The van der Waals surface area contributed by atoms with Crippen molar-refractivity contribution in [1.82, 2.24) is 10.3 Å². The number of hydrogen-bond acceptors (Lipinski definition) is 4. The zero-order valence-electron chi connectivity index (χ0n) is 9.88. The minimum atomic E-state index is 0.0447. The van der Waals surface area contributed by atoms with E-state index in [1.54, 1.807) is 0 Å². The fourth-order valence-electron chi connectivity index (χ4n) is 2.37. The van der Waals surface area contributed by atoms with Crippen molar-refractivity contribution in [3.63, 3.8) is 0 Å². The Balaban J connectivity index is 1.83. The van der Waals surface area contributed by atoms with Crippen molar-refractivity contribution in [2.45, 2.75) is 6.42 Å². The van der Waals surface area contributed by atoms with E-state index in [1.807, 2.05) is 36.4 Å². The van der Waals surface area contributed by atoms with Crippen molar-refractivity contribution in [3.8, 4) is 11.1 Å². The average Bonchev–Trinajstić information content (AvgIpc) is 3.01. The number of rotatable bonds is 1. The van der Waals surface area contributed by atoms with Crippen molar-refractivity contribution in [1.29, 1.82) is 0 Å². The maximum atomic E-state index is 11.3. The minimum Gasteiger partial charge on any atom is -0.326 e. The summed E-state index contributed by atoms with van der Waals surface area (Å²) in [4.78, 5) is 11.3. The van der Waals surface area contributed by atoms with E-state index in [2.05, 4.69) is 20.3 Å². The fraction of sp³-hybridized carbons (Fsp3) is 0.0714. The Labute approximate surface area is 108 Å². The van der Waals surface area contributed by atoms with Crippen molar-refractivity contribution < 1.29 is 9.42 Å². The third-order valence-electron chi connectivity index (χ3n) is 3.32. The molecule has 5 nitrogen and oxygen atoms in total. The number of amides is 1. The number of carbonyl (C=O) groups excluding carboxylic acids is 1. The van der Waals surface area contributed by atoms with Crippen LogP contribution in [0.2, 0.25) is 0 Å². The molecule has 0 fully saturated rings. The monoisotopic (exact) mass is 251 g/mol. The van der Waals surface area contributed by atoms with Gasteiger partial charge in [0.15, 0.2) is 0 Å². The van der Waals surface area contributed by atoms with Crippen molar-refractivity contribution in [2.24, 2.45) is 0 Å². The highest BCUT2D eigenvalue weighted by Gasteiger charge is 2.17. The highest BCUT2D eigenvalue weighted by atomic mass is 16.6. The van der Waals surface area contributed by atoms with E-state index in [0.717, 1.165) is 33.4 Å². The number of carbonyl (C=O) groups is 1.